The van der Waals surface area contributed by atoms with Crippen LogP contribution >= 0.6 is 0 Å². The molecule has 0 aliphatic rings. The van der Waals surface area contributed by atoms with Gasteiger partial charge in [-0.2, -0.15) is 0 Å². The van der Waals surface area contributed by atoms with Gasteiger partial charge < -0.3 is 8.85 Å². The van der Waals surface area contributed by atoms with Crippen molar-refractivity contribution in [3.05, 3.63) is 29.8 Å². The van der Waals surface area contributed by atoms with Crippen LogP contribution in [0.4, 0.5) is 0 Å². The maximum Gasteiger partial charge on any atom is 0.292 e. The van der Waals surface area contributed by atoms with Crippen LogP contribution in [0, 0.1) is 0 Å². The Hall–Kier alpha value is -1.08. The van der Waals surface area contributed by atoms with Crippen LogP contribution in [0.25, 0.3) is 0 Å². The molecule has 124 valence electrons. The lowest BCUT2D eigenvalue weighted by molar-refractivity contribution is -0.135. The standard InChI is InChI=1S/C17H30O3Si2/c1-21(2,3)19-16-13-11-15(12-14-16)9-7-8-10-17(18)20-22(4,5)6/h11-14H,7-10H2,1-6H3. The lowest BCUT2D eigenvalue weighted by Gasteiger charge is -2.19. The second-order valence-electron chi connectivity index (χ2n) is 7.65. The highest BCUT2D eigenvalue weighted by Gasteiger charge is 2.19. The van der Waals surface area contributed by atoms with Gasteiger partial charge in [-0.1, -0.05) is 12.1 Å². The first-order valence-electron chi connectivity index (χ1n) is 8.05. The van der Waals surface area contributed by atoms with Crippen LogP contribution in [0.1, 0.15) is 24.8 Å². The van der Waals surface area contributed by atoms with Crippen LogP contribution in [0.3, 0.4) is 0 Å². The molecule has 0 saturated heterocycles. The smallest absolute Gasteiger partial charge is 0.292 e. The average Bonchev–Trinajstić information content (AvgIpc) is 2.32. The summed E-state index contributed by atoms with van der Waals surface area (Å²) in [5.74, 6) is 0.916. The highest BCUT2D eigenvalue weighted by molar-refractivity contribution is 6.71. The Morgan fingerprint density at radius 2 is 1.50 bits per heavy atom. The third-order valence-electron chi connectivity index (χ3n) is 2.86. The van der Waals surface area contributed by atoms with Gasteiger partial charge in [0.05, 0.1) is 0 Å². The maximum atomic E-state index is 11.6. The van der Waals surface area contributed by atoms with E-state index in [2.05, 4.69) is 31.8 Å². The van der Waals surface area contributed by atoms with Crippen molar-refractivity contribution in [2.45, 2.75) is 65.0 Å². The van der Waals surface area contributed by atoms with E-state index in [1.807, 2.05) is 31.8 Å². The normalized spacial score (nSPS) is 12.1. The van der Waals surface area contributed by atoms with Crippen molar-refractivity contribution in [2.24, 2.45) is 0 Å². The van der Waals surface area contributed by atoms with Crippen molar-refractivity contribution < 1.29 is 13.6 Å². The molecule has 0 bridgehead atoms. The monoisotopic (exact) mass is 338 g/mol. The summed E-state index contributed by atoms with van der Waals surface area (Å²) in [5.41, 5.74) is 1.29. The van der Waals surface area contributed by atoms with Crippen molar-refractivity contribution in [3.8, 4) is 5.75 Å². The first-order valence-corrected chi connectivity index (χ1v) is 14.9. The Kier molecular flexibility index (Phi) is 6.87. The van der Waals surface area contributed by atoms with Gasteiger partial charge in [0, 0.05) is 6.42 Å². The van der Waals surface area contributed by atoms with Crippen LogP contribution in [0.5, 0.6) is 5.75 Å². The van der Waals surface area contributed by atoms with E-state index in [0.717, 1.165) is 25.0 Å². The molecule has 1 aromatic carbocycles. The summed E-state index contributed by atoms with van der Waals surface area (Å²) in [6.45, 7) is 12.7. The molecule has 22 heavy (non-hydrogen) atoms. The molecule has 0 aliphatic carbocycles. The second kappa shape index (κ2) is 7.97. The van der Waals surface area contributed by atoms with Gasteiger partial charge in [-0.3, -0.25) is 4.79 Å². The predicted octanol–water partition coefficient (Wildman–Crippen LogP) is 4.99. The van der Waals surface area contributed by atoms with E-state index in [1.54, 1.807) is 0 Å². The van der Waals surface area contributed by atoms with E-state index < -0.39 is 16.6 Å². The third-order valence-corrected chi connectivity index (χ3v) is 4.55. The lowest BCUT2D eigenvalue weighted by Crippen LogP contribution is -2.29. The van der Waals surface area contributed by atoms with Crippen molar-refractivity contribution in [1.82, 2.24) is 0 Å². The van der Waals surface area contributed by atoms with Crippen molar-refractivity contribution in [3.63, 3.8) is 0 Å². The largest absolute Gasteiger partial charge is 0.544 e. The fourth-order valence-corrected chi connectivity index (χ4v) is 3.70. The van der Waals surface area contributed by atoms with Crippen LogP contribution in [0.2, 0.25) is 39.3 Å². The molecule has 3 nitrogen and oxygen atoms in total. The molecule has 0 unspecified atom stereocenters. The summed E-state index contributed by atoms with van der Waals surface area (Å²) in [6, 6.07) is 8.34. The Balaban J connectivity index is 2.30. The Morgan fingerprint density at radius 1 is 0.909 bits per heavy atom. The van der Waals surface area contributed by atoms with Crippen LogP contribution in [-0.2, 0) is 15.6 Å². The van der Waals surface area contributed by atoms with Crippen molar-refractivity contribution in [2.75, 3.05) is 0 Å². The number of unbranched alkanes of at least 4 members (excludes halogenated alkanes) is 1. The number of benzene rings is 1. The molecule has 0 aromatic heterocycles. The molecule has 5 heteroatoms. The number of aryl methyl sites for hydroxylation is 1. The number of carbonyl (C=O) groups is 1. The number of rotatable bonds is 8. The number of hydrogen-bond donors (Lipinski definition) is 0. The molecular formula is C17H30O3Si2. The molecule has 0 fully saturated rings. The van der Waals surface area contributed by atoms with Gasteiger partial charge in [-0.25, -0.2) is 0 Å². The molecule has 0 amide bonds. The molecule has 1 rings (SSSR count). The van der Waals surface area contributed by atoms with Gasteiger partial charge in [0.15, 0.2) is 0 Å². The number of hydrogen-bond acceptors (Lipinski definition) is 3. The van der Waals surface area contributed by atoms with E-state index in [9.17, 15) is 4.79 Å². The molecule has 0 atom stereocenters. The Labute approximate surface area is 137 Å². The molecule has 0 heterocycles. The van der Waals surface area contributed by atoms with E-state index in [-0.39, 0.29) is 5.97 Å². The topological polar surface area (TPSA) is 35.5 Å². The van der Waals surface area contributed by atoms with Gasteiger partial charge in [-0.15, -0.1) is 0 Å². The van der Waals surface area contributed by atoms with E-state index in [1.165, 1.54) is 5.56 Å². The Bertz CT molecular complexity index is 470. The Morgan fingerprint density at radius 3 is 2.00 bits per heavy atom. The quantitative estimate of drug-likeness (QED) is 0.495. The average molecular weight is 339 g/mol. The van der Waals surface area contributed by atoms with Crippen LogP contribution in [-0.4, -0.2) is 22.6 Å². The summed E-state index contributed by atoms with van der Waals surface area (Å²) in [4.78, 5) is 11.6. The van der Waals surface area contributed by atoms with E-state index in [0.29, 0.717) is 6.42 Å². The highest BCUT2D eigenvalue weighted by Crippen LogP contribution is 2.18. The summed E-state index contributed by atoms with van der Waals surface area (Å²) < 4.78 is 11.4. The van der Waals surface area contributed by atoms with Crippen LogP contribution in [0.15, 0.2) is 24.3 Å². The first kappa shape index (κ1) is 19.0. The molecule has 0 spiro atoms. The SMILES string of the molecule is C[Si](C)(C)OC(=O)CCCCc1ccc(O[Si](C)(C)C)cc1. The zero-order chi connectivity index (χ0) is 16.8. The fraction of sp³-hybridized carbons (Fsp3) is 0.588. The predicted molar refractivity (Wildman–Crippen MR) is 97.4 cm³/mol. The highest BCUT2D eigenvalue weighted by atomic mass is 28.4. The molecule has 1 aromatic rings. The lowest BCUT2D eigenvalue weighted by atomic mass is 10.1. The van der Waals surface area contributed by atoms with Gasteiger partial charge in [0.1, 0.15) is 5.75 Å². The third kappa shape index (κ3) is 9.05. The second-order valence-corrected chi connectivity index (χ2v) is 16.5. The minimum Gasteiger partial charge on any atom is -0.544 e. The maximum absolute atomic E-state index is 11.6. The minimum absolute atomic E-state index is 0.0435. The van der Waals surface area contributed by atoms with Crippen molar-refractivity contribution in [1.29, 1.82) is 0 Å². The van der Waals surface area contributed by atoms with Gasteiger partial charge >= 0.3 is 0 Å². The molecule has 0 N–H and O–H groups in total. The molecule has 0 aliphatic heterocycles. The zero-order valence-corrected chi connectivity index (χ0v) is 16.9. The first-order chi connectivity index (χ1) is 10.1. The number of carbonyl (C=O) groups excluding carboxylic acids is 1. The molecule has 0 radical (unpaired) electrons. The summed E-state index contributed by atoms with van der Waals surface area (Å²) in [7, 11) is -3.26. The van der Waals surface area contributed by atoms with Gasteiger partial charge in [0.2, 0.25) is 16.6 Å². The molecule has 0 saturated carbocycles. The fourth-order valence-electron chi connectivity index (χ4n) is 2.07. The van der Waals surface area contributed by atoms with E-state index in [4.69, 9.17) is 8.85 Å². The van der Waals surface area contributed by atoms with Gasteiger partial charge in [0.25, 0.3) is 5.97 Å². The zero-order valence-electron chi connectivity index (χ0n) is 14.9. The summed E-state index contributed by atoms with van der Waals surface area (Å²) in [5, 5.41) is 0. The summed E-state index contributed by atoms with van der Waals surface area (Å²) >= 11 is 0. The van der Waals surface area contributed by atoms with Crippen LogP contribution < -0.4 is 4.43 Å². The molecular weight excluding hydrogens is 308 g/mol. The summed E-state index contributed by atoms with van der Waals surface area (Å²) in [6.07, 6.45) is 3.42. The van der Waals surface area contributed by atoms with Gasteiger partial charge in [-0.05, 0) is 76.2 Å². The van der Waals surface area contributed by atoms with Crippen molar-refractivity contribution >= 4 is 22.6 Å². The van der Waals surface area contributed by atoms with E-state index >= 15 is 0 Å². The minimum atomic E-state index is -1.73.